The monoisotopic (exact) mass is 292 g/mol. The quantitative estimate of drug-likeness (QED) is 0.762. The van der Waals surface area contributed by atoms with Crippen LogP contribution in [-0.4, -0.2) is 24.0 Å². The molecule has 3 nitrogen and oxygen atoms in total. The summed E-state index contributed by atoms with van der Waals surface area (Å²) in [6, 6.07) is 3.01. The van der Waals surface area contributed by atoms with E-state index in [1.807, 2.05) is 0 Å². The Morgan fingerprint density at radius 3 is 2.90 bits per heavy atom. The van der Waals surface area contributed by atoms with Crippen LogP contribution in [0.1, 0.15) is 69.5 Å². The molecular formula is C18H32N2O. The van der Waals surface area contributed by atoms with E-state index in [1.54, 1.807) is 0 Å². The molecule has 1 aliphatic rings. The van der Waals surface area contributed by atoms with E-state index < -0.39 is 0 Å². The fraction of sp³-hybridized carbons (Fsp3) is 0.778. The van der Waals surface area contributed by atoms with Crippen LogP contribution in [0.25, 0.3) is 0 Å². The van der Waals surface area contributed by atoms with Gasteiger partial charge < -0.3 is 9.73 Å². The van der Waals surface area contributed by atoms with Crippen molar-refractivity contribution in [1.82, 2.24) is 10.2 Å². The molecule has 120 valence electrons. The lowest BCUT2D eigenvalue weighted by atomic mass is 10.1. The van der Waals surface area contributed by atoms with Crippen LogP contribution in [0.2, 0.25) is 0 Å². The molecule has 1 saturated heterocycles. The zero-order valence-corrected chi connectivity index (χ0v) is 14.1. The molecule has 2 heterocycles. The predicted octanol–water partition coefficient (Wildman–Crippen LogP) is 4.24. The maximum atomic E-state index is 5.91. The summed E-state index contributed by atoms with van der Waals surface area (Å²) in [6.07, 6.45) is 7.92. The summed E-state index contributed by atoms with van der Waals surface area (Å²) < 4.78 is 5.91. The van der Waals surface area contributed by atoms with Crippen molar-refractivity contribution in [2.24, 2.45) is 0 Å². The van der Waals surface area contributed by atoms with Crippen LogP contribution in [0.5, 0.6) is 0 Å². The zero-order valence-electron chi connectivity index (χ0n) is 14.1. The second-order valence-electron chi connectivity index (χ2n) is 6.35. The Kier molecular flexibility index (Phi) is 6.78. The molecule has 0 radical (unpaired) electrons. The van der Waals surface area contributed by atoms with E-state index in [2.05, 4.69) is 37.1 Å². The molecule has 2 rings (SSSR count). The minimum atomic E-state index is 0.753. The predicted molar refractivity (Wildman–Crippen MR) is 88.4 cm³/mol. The van der Waals surface area contributed by atoms with Crippen LogP contribution in [0.3, 0.4) is 0 Å². The van der Waals surface area contributed by atoms with Crippen molar-refractivity contribution in [1.29, 1.82) is 0 Å². The van der Waals surface area contributed by atoms with Crippen molar-refractivity contribution in [2.45, 2.75) is 78.4 Å². The van der Waals surface area contributed by atoms with E-state index in [0.29, 0.717) is 0 Å². The Morgan fingerprint density at radius 2 is 2.14 bits per heavy atom. The Labute approximate surface area is 130 Å². The number of rotatable bonds is 7. The Bertz CT molecular complexity index is 413. The van der Waals surface area contributed by atoms with Gasteiger partial charge in [-0.25, -0.2) is 0 Å². The van der Waals surface area contributed by atoms with Crippen molar-refractivity contribution in [3.63, 3.8) is 0 Å². The summed E-state index contributed by atoms with van der Waals surface area (Å²) in [5.41, 5.74) is 1.38. The van der Waals surface area contributed by atoms with Crippen LogP contribution in [0.4, 0.5) is 0 Å². The van der Waals surface area contributed by atoms with Crippen LogP contribution in [0, 0.1) is 6.92 Å². The van der Waals surface area contributed by atoms with Gasteiger partial charge in [0.15, 0.2) is 0 Å². The molecule has 1 aliphatic heterocycles. The number of nitrogens with zero attached hydrogens (tertiary/aromatic N) is 1. The SMILES string of the molecule is CCCNCc1cc(CN2CCCCCC2CC)c(C)o1. The molecule has 0 bridgehead atoms. The third-order valence-electron chi connectivity index (χ3n) is 4.64. The van der Waals surface area contributed by atoms with Crippen molar-refractivity contribution < 1.29 is 4.42 Å². The summed E-state index contributed by atoms with van der Waals surface area (Å²) in [5.74, 6) is 2.18. The van der Waals surface area contributed by atoms with Gasteiger partial charge >= 0.3 is 0 Å². The summed E-state index contributed by atoms with van der Waals surface area (Å²) in [5, 5.41) is 3.42. The number of aryl methyl sites for hydroxylation is 1. The lowest BCUT2D eigenvalue weighted by Gasteiger charge is -2.28. The van der Waals surface area contributed by atoms with Gasteiger partial charge in [0.2, 0.25) is 0 Å². The fourth-order valence-electron chi connectivity index (χ4n) is 3.35. The Balaban J connectivity index is 1.97. The van der Waals surface area contributed by atoms with E-state index in [9.17, 15) is 0 Å². The van der Waals surface area contributed by atoms with Crippen molar-refractivity contribution in [3.05, 3.63) is 23.2 Å². The highest BCUT2D eigenvalue weighted by Crippen LogP contribution is 2.24. The van der Waals surface area contributed by atoms with Gasteiger partial charge in [-0.1, -0.05) is 26.7 Å². The summed E-state index contributed by atoms with van der Waals surface area (Å²) in [7, 11) is 0. The zero-order chi connectivity index (χ0) is 15.1. The highest BCUT2D eigenvalue weighted by molar-refractivity contribution is 5.21. The third-order valence-corrected chi connectivity index (χ3v) is 4.64. The second kappa shape index (κ2) is 8.60. The Hall–Kier alpha value is -0.800. The normalized spacial score (nSPS) is 20.6. The van der Waals surface area contributed by atoms with E-state index in [0.717, 1.165) is 37.2 Å². The molecule has 0 aromatic carbocycles. The summed E-state index contributed by atoms with van der Waals surface area (Å²) >= 11 is 0. The minimum absolute atomic E-state index is 0.753. The smallest absolute Gasteiger partial charge is 0.118 e. The Morgan fingerprint density at radius 1 is 1.29 bits per heavy atom. The molecule has 0 spiro atoms. The van der Waals surface area contributed by atoms with Crippen molar-refractivity contribution >= 4 is 0 Å². The number of hydrogen-bond acceptors (Lipinski definition) is 3. The van der Waals surface area contributed by atoms with Crippen molar-refractivity contribution in [2.75, 3.05) is 13.1 Å². The maximum absolute atomic E-state index is 5.91. The number of hydrogen-bond donors (Lipinski definition) is 1. The van der Waals surface area contributed by atoms with Gasteiger partial charge in [0.25, 0.3) is 0 Å². The van der Waals surface area contributed by atoms with Gasteiger partial charge in [0.05, 0.1) is 6.54 Å². The van der Waals surface area contributed by atoms with Crippen LogP contribution < -0.4 is 5.32 Å². The number of likely N-dealkylation sites (tertiary alicyclic amines) is 1. The first-order valence-corrected chi connectivity index (χ1v) is 8.77. The van der Waals surface area contributed by atoms with Crippen LogP contribution in [0.15, 0.2) is 10.5 Å². The highest BCUT2D eigenvalue weighted by atomic mass is 16.3. The van der Waals surface area contributed by atoms with E-state index >= 15 is 0 Å². The molecule has 0 aliphatic carbocycles. The lowest BCUT2D eigenvalue weighted by molar-refractivity contribution is 0.185. The first-order chi connectivity index (χ1) is 10.2. The average molecular weight is 292 g/mol. The van der Waals surface area contributed by atoms with Gasteiger partial charge in [-0.2, -0.15) is 0 Å². The molecule has 21 heavy (non-hydrogen) atoms. The fourth-order valence-corrected chi connectivity index (χ4v) is 3.35. The van der Waals surface area contributed by atoms with Crippen molar-refractivity contribution in [3.8, 4) is 0 Å². The summed E-state index contributed by atoms with van der Waals surface area (Å²) in [4.78, 5) is 2.67. The number of nitrogens with one attached hydrogen (secondary N) is 1. The number of furan rings is 1. The third kappa shape index (κ3) is 4.86. The molecular weight excluding hydrogens is 260 g/mol. The van der Waals surface area contributed by atoms with Gasteiger partial charge in [-0.3, -0.25) is 4.90 Å². The van der Waals surface area contributed by atoms with E-state index in [1.165, 1.54) is 50.6 Å². The molecule has 1 atom stereocenters. The van der Waals surface area contributed by atoms with Gasteiger partial charge in [-0.05, 0) is 51.8 Å². The van der Waals surface area contributed by atoms with E-state index in [4.69, 9.17) is 4.42 Å². The van der Waals surface area contributed by atoms with Gasteiger partial charge in [-0.15, -0.1) is 0 Å². The lowest BCUT2D eigenvalue weighted by Crippen LogP contribution is -2.33. The molecule has 1 aromatic rings. The van der Waals surface area contributed by atoms with Gasteiger partial charge in [0.1, 0.15) is 11.5 Å². The molecule has 1 aromatic heterocycles. The van der Waals surface area contributed by atoms with E-state index in [-0.39, 0.29) is 0 Å². The molecule has 3 heteroatoms. The van der Waals surface area contributed by atoms with Gasteiger partial charge in [0, 0.05) is 18.2 Å². The topological polar surface area (TPSA) is 28.4 Å². The maximum Gasteiger partial charge on any atom is 0.118 e. The molecule has 1 N–H and O–H groups in total. The molecule has 0 amide bonds. The van der Waals surface area contributed by atoms with Crippen LogP contribution in [-0.2, 0) is 13.1 Å². The largest absolute Gasteiger partial charge is 0.465 e. The standard InChI is InChI=1S/C18H32N2O/c1-4-10-19-13-18-12-16(15(3)21-18)14-20-11-8-6-7-9-17(20)5-2/h12,17,19H,4-11,13-14H2,1-3H3. The van der Waals surface area contributed by atoms with Crippen LogP contribution >= 0.6 is 0 Å². The highest BCUT2D eigenvalue weighted by Gasteiger charge is 2.21. The summed E-state index contributed by atoms with van der Waals surface area (Å²) in [6.45, 7) is 10.8. The molecule has 0 saturated carbocycles. The average Bonchev–Trinajstić information content (AvgIpc) is 2.69. The molecule has 1 unspecified atom stereocenters. The minimum Gasteiger partial charge on any atom is -0.465 e. The first kappa shape index (κ1) is 16.6. The molecule has 1 fully saturated rings. The second-order valence-corrected chi connectivity index (χ2v) is 6.35. The first-order valence-electron chi connectivity index (χ1n) is 8.77.